The quantitative estimate of drug-likeness (QED) is 0.842. The van der Waals surface area contributed by atoms with Crippen molar-refractivity contribution < 1.29 is 9.18 Å². The monoisotopic (exact) mass is 293 g/mol. The Morgan fingerprint density at radius 3 is 2.81 bits per heavy atom. The van der Waals surface area contributed by atoms with Crippen LogP contribution in [-0.2, 0) is 6.54 Å². The summed E-state index contributed by atoms with van der Waals surface area (Å²) in [7, 11) is 0. The van der Waals surface area contributed by atoms with Crippen LogP contribution >= 0.6 is 0 Å². The van der Waals surface area contributed by atoms with Crippen molar-refractivity contribution in [3.05, 3.63) is 35.1 Å². The molecule has 0 aromatic heterocycles. The SMILES string of the molecule is CC(C)N(Cc1ccc(C(N)=O)cc1F)CC1CCCN1. The fourth-order valence-corrected chi connectivity index (χ4v) is 2.70. The lowest BCUT2D eigenvalue weighted by atomic mass is 10.1. The summed E-state index contributed by atoms with van der Waals surface area (Å²) >= 11 is 0. The van der Waals surface area contributed by atoms with Gasteiger partial charge in [0.15, 0.2) is 0 Å². The number of benzene rings is 1. The molecule has 21 heavy (non-hydrogen) atoms. The molecule has 0 bridgehead atoms. The fourth-order valence-electron chi connectivity index (χ4n) is 2.70. The van der Waals surface area contributed by atoms with Crippen LogP contribution in [0.2, 0.25) is 0 Å². The third-order valence-electron chi connectivity index (χ3n) is 4.06. The van der Waals surface area contributed by atoms with Gasteiger partial charge in [-0.2, -0.15) is 0 Å². The number of carbonyl (C=O) groups excluding carboxylic acids is 1. The molecule has 1 heterocycles. The maximum Gasteiger partial charge on any atom is 0.248 e. The maximum absolute atomic E-state index is 14.1. The number of nitrogens with one attached hydrogen (secondary N) is 1. The van der Waals surface area contributed by atoms with Gasteiger partial charge >= 0.3 is 0 Å². The number of hydrogen-bond acceptors (Lipinski definition) is 3. The Morgan fingerprint density at radius 2 is 2.29 bits per heavy atom. The minimum absolute atomic E-state index is 0.213. The van der Waals surface area contributed by atoms with E-state index in [2.05, 4.69) is 24.1 Å². The molecular weight excluding hydrogens is 269 g/mol. The maximum atomic E-state index is 14.1. The smallest absolute Gasteiger partial charge is 0.248 e. The highest BCUT2D eigenvalue weighted by Gasteiger charge is 2.20. The average molecular weight is 293 g/mol. The summed E-state index contributed by atoms with van der Waals surface area (Å²) in [4.78, 5) is 13.3. The molecule has 1 unspecified atom stereocenters. The topological polar surface area (TPSA) is 58.4 Å². The summed E-state index contributed by atoms with van der Waals surface area (Å²) in [5.41, 5.74) is 5.98. The number of carbonyl (C=O) groups is 1. The molecule has 116 valence electrons. The number of nitrogens with zero attached hydrogens (tertiary/aromatic N) is 1. The van der Waals surface area contributed by atoms with Gasteiger partial charge in [0.1, 0.15) is 5.82 Å². The Labute approximate surface area is 125 Å². The fraction of sp³-hybridized carbons (Fsp3) is 0.562. The van der Waals surface area contributed by atoms with E-state index in [1.54, 1.807) is 12.1 Å². The van der Waals surface area contributed by atoms with Gasteiger partial charge in [0.2, 0.25) is 5.91 Å². The molecule has 2 rings (SSSR count). The summed E-state index contributed by atoms with van der Waals surface area (Å²) in [6.45, 7) is 6.75. The summed E-state index contributed by atoms with van der Waals surface area (Å²) in [6, 6.07) is 5.30. The number of rotatable bonds is 6. The number of amides is 1. The Balaban J connectivity index is 2.07. The van der Waals surface area contributed by atoms with E-state index < -0.39 is 5.91 Å². The van der Waals surface area contributed by atoms with Gasteiger partial charge in [-0.25, -0.2) is 4.39 Å². The minimum Gasteiger partial charge on any atom is -0.366 e. The highest BCUT2D eigenvalue weighted by Crippen LogP contribution is 2.16. The van der Waals surface area contributed by atoms with E-state index in [1.807, 2.05) is 0 Å². The van der Waals surface area contributed by atoms with Crippen molar-refractivity contribution in [2.75, 3.05) is 13.1 Å². The van der Waals surface area contributed by atoms with Gasteiger partial charge in [-0.3, -0.25) is 9.69 Å². The molecule has 0 radical (unpaired) electrons. The molecule has 1 atom stereocenters. The molecule has 1 saturated heterocycles. The molecule has 4 nitrogen and oxygen atoms in total. The normalized spacial score (nSPS) is 18.6. The highest BCUT2D eigenvalue weighted by molar-refractivity contribution is 5.92. The Bertz CT molecular complexity index is 498. The van der Waals surface area contributed by atoms with Gasteiger partial charge in [0.05, 0.1) is 0 Å². The molecule has 0 saturated carbocycles. The molecule has 0 spiro atoms. The second kappa shape index (κ2) is 7.00. The summed E-state index contributed by atoms with van der Waals surface area (Å²) in [5, 5.41) is 3.47. The van der Waals surface area contributed by atoms with Crippen LogP contribution in [0.15, 0.2) is 18.2 Å². The van der Waals surface area contributed by atoms with E-state index in [9.17, 15) is 9.18 Å². The lowest BCUT2D eigenvalue weighted by molar-refractivity contribution is 0.0999. The lowest BCUT2D eigenvalue weighted by Gasteiger charge is -2.29. The number of hydrogen-bond donors (Lipinski definition) is 2. The van der Waals surface area contributed by atoms with Crippen LogP contribution in [0.25, 0.3) is 0 Å². The predicted octanol–water partition coefficient (Wildman–Crippen LogP) is 1.89. The summed E-state index contributed by atoms with van der Waals surface area (Å²) < 4.78 is 14.1. The van der Waals surface area contributed by atoms with Crippen LogP contribution in [0.5, 0.6) is 0 Å². The van der Waals surface area contributed by atoms with Crippen molar-refractivity contribution in [1.82, 2.24) is 10.2 Å². The van der Waals surface area contributed by atoms with E-state index in [-0.39, 0.29) is 11.4 Å². The zero-order chi connectivity index (χ0) is 15.4. The van der Waals surface area contributed by atoms with Gasteiger partial charge in [-0.1, -0.05) is 6.07 Å². The molecule has 3 N–H and O–H groups in total. The summed E-state index contributed by atoms with van der Waals surface area (Å²) in [6.07, 6.45) is 2.38. The third-order valence-corrected chi connectivity index (χ3v) is 4.06. The van der Waals surface area contributed by atoms with Gasteiger partial charge < -0.3 is 11.1 Å². The molecular formula is C16H24FN3O. The van der Waals surface area contributed by atoms with E-state index >= 15 is 0 Å². The van der Waals surface area contributed by atoms with Gasteiger partial charge in [-0.05, 0) is 45.4 Å². The Morgan fingerprint density at radius 1 is 1.52 bits per heavy atom. The van der Waals surface area contributed by atoms with Crippen LogP contribution in [0.1, 0.15) is 42.6 Å². The van der Waals surface area contributed by atoms with Crippen molar-refractivity contribution in [3.63, 3.8) is 0 Å². The zero-order valence-corrected chi connectivity index (χ0v) is 12.7. The van der Waals surface area contributed by atoms with Crippen molar-refractivity contribution in [3.8, 4) is 0 Å². The molecule has 1 aromatic carbocycles. The van der Waals surface area contributed by atoms with Crippen LogP contribution in [0, 0.1) is 5.82 Å². The zero-order valence-electron chi connectivity index (χ0n) is 12.7. The van der Waals surface area contributed by atoms with Crippen molar-refractivity contribution >= 4 is 5.91 Å². The second-order valence-corrected chi connectivity index (χ2v) is 5.99. The predicted molar refractivity (Wildman–Crippen MR) is 81.5 cm³/mol. The number of nitrogens with two attached hydrogens (primary N) is 1. The first-order chi connectivity index (χ1) is 9.97. The number of primary amides is 1. The molecule has 1 amide bonds. The molecule has 5 heteroatoms. The van der Waals surface area contributed by atoms with Crippen molar-refractivity contribution in [1.29, 1.82) is 0 Å². The molecule has 1 aromatic rings. The Kier molecular flexibility index (Phi) is 5.31. The minimum atomic E-state index is -0.601. The van der Waals surface area contributed by atoms with Crippen LogP contribution in [0.4, 0.5) is 4.39 Å². The first kappa shape index (κ1) is 15.9. The van der Waals surface area contributed by atoms with E-state index in [0.717, 1.165) is 13.1 Å². The second-order valence-electron chi connectivity index (χ2n) is 5.99. The number of halogens is 1. The van der Waals surface area contributed by atoms with Gasteiger partial charge in [0, 0.05) is 36.3 Å². The van der Waals surface area contributed by atoms with Crippen LogP contribution in [0.3, 0.4) is 0 Å². The Hall–Kier alpha value is -1.46. The molecule has 1 aliphatic rings. The van der Waals surface area contributed by atoms with E-state index in [4.69, 9.17) is 5.73 Å². The van der Waals surface area contributed by atoms with Crippen LogP contribution in [-0.4, -0.2) is 36.0 Å². The summed E-state index contributed by atoms with van der Waals surface area (Å²) in [5.74, 6) is -0.965. The molecule has 1 fully saturated rings. The van der Waals surface area contributed by atoms with Crippen molar-refractivity contribution in [2.45, 2.75) is 45.3 Å². The van der Waals surface area contributed by atoms with Gasteiger partial charge in [0.25, 0.3) is 0 Å². The highest BCUT2D eigenvalue weighted by atomic mass is 19.1. The van der Waals surface area contributed by atoms with E-state index in [0.29, 0.717) is 24.2 Å². The first-order valence-electron chi connectivity index (χ1n) is 7.53. The third kappa shape index (κ3) is 4.25. The molecule has 0 aliphatic carbocycles. The van der Waals surface area contributed by atoms with Crippen molar-refractivity contribution in [2.24, 2.45) is 5.73 Å². The first-order valence-corrected chi connectivity index (χ1v) is 7.53. The van der Waals surface area contributed by atoms with E-state index in [1.165, 1.54) is 18.9 Å². The lowest BCUT2D eigenvalue weighted by Crippen LogP contribution is -2.40. The molecule has 1 aliphatic heterocycles. The standard InChI is InChI=1S/C16H24FN3O/c1-11(2)20(10-14-4-3-7-19-14)9-13-6-5-12(16(18)21)8-15(13)17/h5-6,8,11,14,19H,3-4,7,9-10H2,1-2H3,(H2,18,21). The van der Waals surface area contributed by atoms with Crippen LogP contribution < -0.4 is 11.1 Å². The van der Waals surface area contributed by atoms with Gasteiger partial charge in [-0.15, -0.1) is 0 Å². The average Bonchev–Trinajstić information content (AvgIpc) is 2.92. The largest absolute Gasteiger partial charge is 0.366 e.